The highest BCUT2D eigenvalue weighted by molar-refractivity contribution is 9.10. The molecule has 0 bridgehead atoms. The fourth-order valence-electron chi connectivity index (χ4n) is 1.30. The number of carbonyl (C=O) groups is 2. The Labute approximate surface area is 112 Å². The predicted octanol–water partition coefficient (Wildman–Crippen LogP) is 0.434. The van der Waals surface area contributed by atoms with Gasteiger partial charge in [-0.15, -0.1) is 0 Å². The Morgan fingerprint density at radius 2 is 1.83 bits per heavy atom. The van der Waals surface area contributed by atoms with Crippen molar-refractivity contribution in [2.75, 3.05) is 0 Å². The van der Waals surface area contributed by atoms with Crippen LogP contribution in [0.2, 0.25) is 0 Å². The first kappa shape index (κ1) is 14.6. The first-order chi connectivity index (χ1) is 8.45. The van der Waals surface area contributed by atoms with Gasteiger partial charge in [-0.1, -0.05) is 15.9 Å². The van der Waals surface area contributed by atoms with E-state index in [0.717, 1.165) is 4.47 Å². The second kappa shape index (κ2) is 6.48. The van der Waals surface area contributed by atoms with E-state index < -0.39 is 24.0 Å². The molecule has 1 rings (SSSR count). The molecule has 7 heteroatoms. The summed E-state index contributed by atoms with van der Waals surface area (Å²) >= 11 is 3.23. The van der Waals surface area contributed by atoms with Crippen LogP contribution < -0.4 is 10.8 Å². The van der Waals surface area contributed by atoms with Gasteiger partial charge in [0.05, 0.1) is 6.10 Å². The van der Waals surface area contributed by atoms with Gasteiger partial charge < -0.3 is 10.4 Å². The van der Waals surface area contributed by atoms with Gasteiger partial charge in [0.15, 0.2) is 0 Å². The third-order valence-corrected chi connectivity index (χ3v) is 2.80. The Hall–Kier alpha value is -1.44. The number of halogens is 1. The third-order valence-electron chi connectivity index (χ3n) is 2.27. The zero-order chi connectivity index (χ0) is 13.7. The first-order valence-electron chi connectivity index (χ1n) is 5.14. The van der Waals surface area contributed by atoms with E-state index in [9.17, 15) is 14.7 Å². The van der Waals surface area contributed by atoms with Crippen LogP contribution in [0.15, 0.2) is 28.7 Å². The number of amides is 2. The van der Waals surface area contributed by atoms with Crippen LogP contribution in [0.25, 0.3) is 0 Å². The lowest BCUT2D eigenvalue weighted by molar-refractivity contribution is -0.133. The van der Waals surface area contributed by atoms with Crippen LogP contribution in [0, 0.1) is 0 Å². The highest BCUT2D eigenvalue weighted by Gasteiger charge is 2.25. The van der Waals surface area contributed by atoms with E-state index in [1.54, 1.807) is 24.3 Å². The number of carbonyl (C=O) groups excluding carboxylic acids is 2. The topological polar surface area (TPSA) is 98.7 Å². The summed E-state index contributed by atoms with van der Waals surface area (Å²) in [6, 6.07) is 5.27. The largest absolute Gasteiger partial charge is 0.391 e. The van der Waals surface area contributed by atoms with E-state index in [2.05, 4.69) is 21.2 Å². The highest BCUT2D eigenvalue weighted by atomic mass is 79.9. The van der Waals surface area contributed by atoms with Gasteiger partial charge in [0.25, 0.3) is 11.8 Å². The Balaban J connectivity index is 2.78. The number of hydroxylamine groups is 1. The van der Waals surface area contributed by atoms with Crippen LogP contribution in [0.1, 0.15) is 17.3 Å². The lowest BCUT2D eigenvalue weighted by atomic mass is 10.1. The van der Waals surface area contributed by atoms with Crippen LogP contribution >= 0.6 is 15.9 Å². The van der Waals surface area contributed by atoms with Crippen LogP contribution in [-0.2, 0) is 4.79 Å². The van der Waals surface area contributed by atoms with Crippen molar-refractivity contribution in [1.29, 1.82) is 0 Å². The maximum absolute atomic E-state index is 11.8. The molecule has 2 amide bonds. The number of benzene rings is 1. The second-order valence-electron chi connectivity index (χ2n) is 3.67. The molecular weight excluding hydrogens is 304 g/mol. The molecule has 0 aliphatic carbocycles. The molecule has 98 valence electrons. The lowest BCUT2D eigenvalue weighted by Gasteiger charge is -2.19. The van der Waals surface area contributed by atoms with Gasteiger partial charge in [-0.25, -0.2) is 5.48 Å². The van der Waals surface area contributed by atoms with E-state index in [0.29, 0.717) is 5.56 Å². The molecule has 0 spiro atoms. The molecule has 2 atom stereocenters. The van der Waals surface area contributed by atoms with Crippen molar-refractivity contribution in [3.63, 3.8) is 0 Å². The Bertz CT molecular complexity index is 433. The van der Waals surface area contributed by atoms with Crippen LogP contribution in [0.3, 0.4) is 0 Å². The molecule has 1 aromatic carbocycles. The molecule has 4 N–H and O–H groups in total. The summed E-state index contributed by atoms with van der Waals surface area (Å²) in [5, 5.41) is 20.2. The smallest absolute Gasteiger partial charge is 0.268 e. The molecule has 2 unspecified atom stereocenters. The van der Waals surface area contributed by atoms with Crippen molar-refractivity contribution in [3.8, 4) is 0 Å². The van der Waals surface area contributed by atoms with Crippen molar-refractivity contribution in [2.24, 2.45) is 0 Å². The Kier molecular flexibility index (Phi) is 5.26. The van der Waals surface area contributed by atoms with Crippen LogP contribution in [0.5, 0.6) is 0 Å². The van der Waals surface area contributed by atoms with Crippen molar-refractivity contribution in [3.05, 3.63) is 34.3 Å². The summed E-state index contributed by atoms with van der Waals surface area (Å²) < 4.78 is 0.819. The summed E-state index contributed by atoms with van der Waals surface area (Å²) in [5.74, 6) is -1.40. The number of hydrogen-bond acceptors (Lipinski definition) is 4. The van der Waals surface area contributed by atoms with E-state index in [-0.39, 0.29) is 0 Å². The molecule has 0 aromatic heterocycles. The summed E-state index contributed by atoms with van der Waals surface area (Å²) in [5.41, 5.74) is 1.73. The summed E-state index contributed by atoms with van der Waals surface area (Å²) in [6.07, 6.45) is -1.13. The Morgan fingerprint density at radius 3 is 2.28 bits per heavy atom. The molecule has 0 aliphatic rings. The SMILES string of the molecule is CC(O)C(NC(=O)c1ccc(Br)cc1)C(=O)NO. The quantitative estimate of drug-likeness (QED) is 0.478. The maximum Gasteiger partial charge on any atom is 0.268 e. The maximum atomic E-state index is 11.8. The standard InChI is InChI=1S/C11H13BrN2O4/c1-6(15)9(11(17)14-18)13-10(16)7-2-4-8(12)5-3-7/h2-6,9,15,18H,1H3,(H,13,16)(H,14,17). The molecule has 0 fully saturated rings. The van der Waals surface area contributed by atoms with Crippen LogP contribution in [0.4, 0.5) is 0 Å². The minimum absolute atomic E-state index is 0.342. The molecule has 1 aromatic rings. The first-order valence-corrected chi connectivity index (χ1v) is 5.93. The lowest BCUT2D eigenvalue weighted by Crippen LogP contribution is -2.51. The highest BCUT2D eigenvalue weighted by Crippen LogP contribution is 2.10. The molecule has 18 heavy (non-hydrogen) atoms. The molecular formula is C11H13BrN2O4. The second-order valence-corrected chi connectivity index (χ2v) is 4.59. The number of aliphatic hydroxyl groups excluding tert-OH is 1. The fourth-order valence-corrected chi connectivity index (χ4v) is 1.56. The summed E-state index contributed by atoms with van der Waals surface area (Å²) in [6.45, 7) is 1.34. The number of rotatable bonds is 4. The fraction of sp³-hybridized carbons (Fsp3) is 0.273. The van der Waals surface area contributed by atoms with Crippen molar-refractivity contribution < 1.29 is 19.9 Å². The average molecular weight is 317 g/mol. The van der Waals surface area contributed by atoms with Gasteiger partial charge in [-0.3, -0.25) is 14.8 Å². The molecule has 0 heterocycles. The van der Waals surface area contributed by atoms with Crippen molar-refractivity contribution in [1.82, 2.24) is 10.8 Å². The van der Waals surface area contributed by atoms with E-state index in [4.69, 9.17) is 5.21 Å². The van der Waals surface area contributed by atoms with E-state index in [1.165, 1.54) is 12.4 Å². The summed E-state index contributed by atoms with van der Waals surface area (Å²) in [7, 11) is 0. The molecule has 0 saturated carbocycles. The third kappa shape index (κ3) is 3.80. The zero-order valence-corrected chi connectivity index (χ0v) is 11.1. The number of hydrogen-bond donors (Lipinski definition) is 4. The van der Waals surface area contributed by atoms with E-state index >= 15 is 0 Å². The molecule has 0 radical (unpaired) electrons. The normalized spacial score (nSPS) is 13.6. The monoisotopic (exact) mass is 316 g/mol. The van der Waals surface area contributed by atoms with Gasteiger partial charge in [0, 0.05) is 10.0 Å². The Morgan fingerprint density at radius 1 is 1.28 bits per heavy atom. The average Bonchev–Trinajstić information content (AvgIpc) is 2.35. The zero-order valence-electron chi connectivity index (χ0n) is 9.55. The van der Waals surface area contributed by atoms with E-state index in [1.807, 2.05) is 0 Å². The minimum atomic E-state index is -1.22. The number of aliphatic hydroxyl groups is 1. The van der Waals surface area contributed by atoms with Gasteiger partial charge in [-0.05, 0) is 31.2 Å². The predicted molar refractivity (Wildman–Crippen MR) is 67.0 cm³/mol. The molecule has 6 nitrogen and oxygen atoms in total. The molecule has 0 aliphatic heterocycles. The number of nitrogens with one attached hydrogen (secondary N) is 2. The van der Waals surface area contributed by atoms with Gasteiger partial charge in [0.2, 0.25) is 0 Å². The summed E-state index contributed by atoms with van der Waals surface area (Å²) in [4.78, 5) is 23.0. The van der Waals surface area contributed by atoms with Crippen molar-refractivity contribution in [2.45, 2.75) is 19.1 Å². The molecule has 0 saturated heterocycles. The van der Waals surface area contributed by atoms with Gasteiger partial charge in [-0.2, -0.15) is 0 Å². The minimum Gasteiger partial charge on any atom is -0.391 e. The van der Waals surface area contributed by atoms with Crippen LogP contribution in [-0.4, -0.2) is 34.3 Å². The van der Waals surface area contributed by atoms with Gasteiger partial charge >= 0.3 is 0 Å². The van der Waals surface area contributed by atoms with Gasteiger partial charge in [0.1, 0.15) is 6.04 Å². The van der Waals surface area contributed by atoms with Crippen molar-refractivity contribution >= 4 is 27.7 Å².